The number of hydrogen-bond acceptors (Lipinski definition) is 5. The fourth-order valence-corrected chi connectivity index (χ4v) is 3.59. The van der Waals surface area contributed by atoms with Crippen molar-refractivity contribution in [1.29, 1.82) is 0 Å². The Hall–Kier alpha value is -3.80. The third kappa shape index (κ3) is 3.84. The second-order valence-corrected chi connectivity index (χ2v) is 7.61. The van der Waals surface area contributed by atoms with Crippen molar-refractivity contribution in [3.05, 3.63) is 66.4 Å². The van der Waals surface area contributed by atoms with Gasteiger partial charge in [-0.3, -0.25) is 9.78 Å². The van der Waals surface area contributed by atoms with Gasteiger partial charge >= 0.3 is 0 Å². The number of benzene rings is 3. The first kappa shape index (κ1) is 19.2. The zero-order valence-corrected chi connectivity index (χ0v) is 17.3. The van der Waals surface area contributed by atoms with E-state index in [1.165, 1.54) is 0 Å². The largest absolute Gasteiger partial charge is 0.493 e. The minimum Gasteiger partial charge on any atom is -0.493 e. The summed E-state index contributed by atoms with van der Waals surface area (Å²) in [6.45, 7) is 0. The van der Waals surface area contributed by atoms with Gasteiger partial charge in [-0.2, -0.15) is 0 Å². The molecule has 0 radical (unpaired) electrons. The first-order valence-corrected chi connectivity index (χ1v) is 10.2. The molecule has 6 heteroatoms. The number of pyridine rings is 1. The number of amides is 1. The molecule has 0 spiro atoms. The molecule has 0 saturated heterocycles. The topological polar surface area (TPSA) is 69.7 Å². The standard InChI is InChI=1S/C25H22N2O4/c1-29-23-13-20-21(14-24(23)30-2)26-10-9-22(20)31-19-8-5-15-3-4-16(11-17(15)12-19)25(28)27-18-6-7-18/h3-5,8-14,18H,6-7H2,1-2H3,(H,27,28). The summed E-state index contributed by atoms with van der Waals surface area (Å²) in [6, 6.07) is 17.4. The van der Waals surface area contributed by atoms with Crippen molar-refractivity contribution in [3.8, 4) is 23.0 Å². The Morgan fingerprint density at radius 1 is 0.903 bits per heavy atom. The van der Waals surface area contributed by atoms with Gasteiger partial charge in [-0.1, -0.05) is 12.1 Å². The third-order valence-corrected chi connectivity index (χ3v) is 5.42. The molecule has 1 fully saturated rings. The van der Waals surface area contributed by atoms with Crippen LogP contribution in [0.15, 0.2) is 60.8 Å². The number of hydrogen-bond donors (Lipinski definition) is 1. The number of carbonyl (C=O) groups is 1. The molecule has 0 unspecified atom stereocenters. The van der Waals surface area contributed by atoms with Gasteiger partial charge in [0.15, 0.2) is 11.5 Å². The van der Waals surface area contributed by atoms with Crippen LogP contribution in [0.3, 0.4) is 0 Å². The Morgan fingerprint density at radius 2 is 1.68 bits per heavy atom. The lowest BCUT2D eigenvalue weighted by atomic mass is 10.1. The Kier molecular flexibility index (Phi) is 4.82. The second kappa shape index (κ2) is 7.80. The van der Waals surface area contributed by atoms with E-state index in [-0.39, 0.29) is 5.91 Å². The molecule has 6 nitrogen and oxygen atoms in total. The van der Waals surface area contributed by atoms with Gasteiger partial charge in [0, 0.05) is 29.3 Å². The lowest BCUT2D eigenvalue weighted by Gasteiger charge is -2.13. The lowest BCUT2D eigenvalue weighted by molar-refractivity contribution is 0.0951. The summed E-state index contributed by atoms with van der Waals surface area (Å²) in [5, 5.41) is 5.83. The molecule has 1 amide bonds. The predicted octanol–water partition coefficient (Wildman–Crippen LogP) is 5.09. The van der Waals surface area contributed by atoms with E-state index in [0.29, 0.717) is 34.6 Å². The molecule has 1 aliphatic rings. The Morgan fingerprint density at radius 3 is 2.45 bits per heavy atom. The van der Waals surface area contributed by atoms with E-state index in [1.807, 2.05) is 54.6 Å². The zero-order chi connectivity index (χ0) is 21.4. The zero-order valence-electron chi connectivity index (χ0n) is 17.3. The van der Waals surface area contributed by atoms with Crippen LogP contribution in [0.25, 0.3) is 21.7 Å². The minimum absolute atomic E-state index is 0.0307. The molecule has 31 heavy (non-hydrogen) atoms. The fourth-order valence-electron chi connectivity index (χ4n) is 3.59. The molecule has 1 heterocycles. The van der Waals surface area contributed by atoms with Crippen molar-refractivity contribution in [2.75, 3.05) is 14.2 Å². The van der Waals surface area contributed by atoms with E-state index in [9.17, 15) is 4.79 Å². The summed E-state index contributed by atoms with van der Waals surface area (Å²) >= 11 is 0. The molecule has 1 saturated carbocycles. The van der Waals surface area contributed by atoms with Crippen molar-refractivity contribution in [2.24, 2.45) is 0 Å². The molecule has 4 aromatic rings. The van der Waals surface area contributed by atoms with E-state index in [4.69, 9.17) is 14.2 Å². The van der Waals surface area contributed by atoms with Gasteiger partial charge in [-0.25, -0.2) is 0 Å². The number of carbonyl (C=O) groups excluding carboxylic acids is 1. The molecule has 5 rings (SSSR count). The van der Waals surface area contributed by atoms with E-state index < -0.39 is 0 Å². The van der Waals surface area contributed by atoms with E-state index in [0.717, 1.165) is 34.5 Å². The molecule has 0 bridgehead atoms. The van der Waals surface area contributed by atoms with Gasteiger partial charge in [0.2, 0.25) is 0 Å². The number of fused-ring (bicyclic) bond motifs is 2. The molecular weight excluding hydrogens is 392 g/mol. The molecule has 1 aromatic heterocycles. The summed E-state index contributed by atoms with van der Waals surface area (Å²) in [5.41, 5.74) is 1.40. The van der Waals surface area contributed by atoms with Crippen molar-refractivity contribution < 1.29 is 19.0 Å². The van der Waals surface area contributed by atoms with Crippen LogP contribution in [0.1, 0.15) is 23.2 Å². The Balaban J connectivity index is 1.49. The highest BCUT2D eigenvalue weighted by atomic mass is 16.5. The maximum Gasteiger partial charge on any atom is 0.251 e. The van der Waals surface area contributed by atoms with Crippen LogP contribution < -0.4 is 19.5 Å². The minimum atomic E-state index is -0.0307. The van der Waals surface area contributed by atoms with E-state index in [2.05, 4.69) is 10.3 Å². The second-order valence-electron chi connectivity index (χ2n) is 7.61. The van der Waals surface area contributed by atoms with Crippen molar-refractivity contribution >= 4 is 27.6 Å². The van der Waals surface area contributed by atoms with Crippen LogP contribution in [-0.2, 0) is 0 Å². The summed E-state index contributed by atoms with van der Waals surface area (Å²) in [7, 11) is 3.19. The number of ether oxygens (including phenoxy) is 3. The van der Waals surface area contributed by atoms with Crippen molar-refractivity contribution in [1.82, 2.24) is 10.3 Å². The number of nitrogens with one attached hydrogen (secondary N) is 1. The smallest absolute Gasteiger partial charge is 0.251 e. The average molecular weight is 414 g/mol. The lowest BCUT2D eigenvalue weighted by Crippen LogP contribution is -2.25. The predicted molar refractivity (Wildman–Crippen MR) is 119 cm³/mol. The fraction of sp³-hybridized carbons (Fsp3) is 0.200. The molecule has 1 N–H and O–H groups in total. The Labute approximate surface area is 179 Å². The van der Waals surface area contributed by atoms with Gasteiger partial charge < -0.3 is 19.5 Å². The molecule has 0 aliphatic heterocycles. The maximum absolute atomic E-state index is 12.4. The van der Waals surface area contributed by atoms with Crippen molar-refractivity contribution in [3.63, 3.8) is 0 Å². The molecule has 1 aliphatic carbocycles. The highest BCUT2D eigenvalue weighted by Crippen LogP contribution is 2.37. The van der Waals surface area contributed by atoms with Crippen LogP contribution >= 0.6 is 0 Å². The molecule has 156 valence electrons. The number of aromatic nitrogens is 1. The molecule has 0 atom stereocenters. The van der Waals surface area contributed by atoms with Gasteiger partial charge in [0.1, 0.15) is 11.5 Å². The van der Waals surface area contributed by atoms with Crippen LogP contribution in [0, 0.1) is 0 Å². The quantitative estimate of drug-likeness (QED) is 0.476. The first-order valence-electron chi connectivity index (χ1n) is 10.2. The monoisotopic (exact) mass is 414 g/mol. The first-order chi connectivity index (χ1) is 15.1. The number of rotatable bonds is 6. The number of nitrogens with zero attached hydrogens (tertiary/aromatic N) is 1. The number of methoxy groups -OCH3 is 2. The third-order valence-electron chi connectivity index (χ3n) is 5.42. The van der Waals surface area contributed by atoms with Gasteiger partial charge in [0.25, 0.3) is 5.91 Å². The van der Waals surface area contributed by atoms with Gasteiger partial charge in [0.05, 0.1) is 19.7 Å². The Bertz CT molecular complexity index is 1300. The van der Waals surface area contributed by atoms with Crippen LogP contribution in [-0.4, -0.2) is 31.2 Å². The summed E-state index contributed by atoms with van der Waals surface area (Å²) < 4.78 is 17.0. The molecule has 3 aromatic carbocycles. The van der Waals surface area contributed by atoms with Crippen LogP contribution in [0.4, 0.5) is 0 Å². The van der Waals surface area contributed by atoms with Crippen LogP contribution in [0.5, 0.6) is 23.0 Å². The summed E-state index contributed by atoms with van der Waals surface area (Å²) in [4.78, 5) is 16.8. The highest BCUT2D eigenvalue weighted by molar-refractivity contribution is 5.99. The summed E-state index contributed by atoms with van der Waals surface area (Å²) in [5.74, 6) is 2.53. The average Bonchev–Trinajstić information content (AvgIpc) is 3.61. The summed E-state index contributed by atoms with van der Waals surface area (Å²) in [6.07, 6.45) is 3.83. The normalized spacial score (nSPS) is 13.2. The van der Waals surface area contributed by atoms with E-state index in [1.54, 1.807) is 20.4 Å². The maximum atomic E-state index is 12.4. The van der Waals surface area contributed by atoms with Gasteiger partial charge in [-0.15, -0.1) is 0 Å². The van der Waals surface area contributed by atoms with E-state index >= 15 is 0 Å². The molecular formula is C25H22N2O4. The van der Waals surface area contributed by atoms with Crippen molar-refractivity contribution in [2.45, 2.75) is 18.9 Å². The SMILES string of the molecule is COc1cc2nccc(Oc3ccc4ccc(C(=O)NC5CC5)cc4c3)c2cc1OC. The highest BCUT2D eigenvalue weighted by Gasteiger charge is 2.23. The van der Waals surface area contributed by atoms with Gasteiger partial charge in [-0.05, 0) is 60.0 Å². The van der Waals surface area contributed by atoms with Crippen LogP contribution in [0.2, 0.25) is 0 Å².